The molecule has 0 saturated carbocycles. The van der Waals surface area contributed by atoms with Crippen molar-refractivity contribution in [1.29, 1.82) is 0 Å². The number of benzene rings is 1. The first-order valence-corrected chi connectivity index (χ1v) is 14.9. The second kappa shape index (κ2) is 10.7. The van der Waals surface area contributed by atoms with E-state index in [0.29, 0.717) is 37.9 Å². The second-order valence-electron chi connectivity index (χ2n) is 11.3. The molecule has 11 heteroatoms. The fourth-order valence-corrected chi connectivity index (χ4v) is 7.82. The predicted molar refractivity (Wildman–Crippen MR) is 139 cm³/mol. The molecule has 3 fully saturated rings. The van der Waals surface area contributed by atoms with Gasteiger partial charge in [-0.15, -0.1) is 0 Å². The van der Waals surface area contributed by atoms with Gasteiger partial charge < -0.3 is 29.7 Å². The van der Waals surface area contributed by atoms with E-state index in [1.54, 1.807) is 18.2 Å². The summed E-state index contributed by atoms with van der Waals surface area (Å²) in [6.07, 6.45) is 1.33. The number of aliphatic hydroxyl groups excluding tert-OH is 1. The van der Waals surface area contributed by atoms with E-state index < -0.39 is 27.7 Å². The molecule has 206 valence electrons. The Balaban J connectivity index is 1.47. The van der Waals surface area contributed by atoms with E-state index in [1.165, 1.54) is 0 Å². The maximum absolute atomic E-state index is 13.8. The molecular formula is C26H40N4O6S. The molecular weight excluding hydrogens is 496 g/mol. The number of rotatable bonds is 3. The van der Waals surface area contributed by atoms with Crippen molar-refractivity contribution in [2.75, 3.05) is 64.0 Å². The molecule has 4 heterocycles. The van der Waals surface area contributed by atoms with Gasteiger partial charge in [0.1, 0.15) is 16.7 Å². The monoisotopic (exact) mass is 536 g/mol. The summed E-state index contributed by atoms with van der Waals surface area (Å²) >= 11 is 0. The number of amides is 1. The maximum atomic E-state index is 13.8. The van der Waals surface area contributed by atoms with E-state index >= 15 is 0 Å². The lowest BCUT2D eigenvalue weighted by Crippen LogP contribution is -2.59. The van der Waals surface area contributed by atoms with Gasteiger partial charge in [0.15, 0.2) is 0 Å². The van der Waals surface area contributed by atoms with E-state index in [1.807, 2.05) is 0 Å². The lowest BCUT2D eigenvalue weighted by molar-refractivity contribution is -0.127. The van der Waals surface area contributed by atoms with Crippen molar-refractivity contribution in [2.24, 2.45) is 5.92 Å². The van der Waals surface area contributed by atoms with Crippen LogP contribution in [-0.2, 0) is 19.6 Å². The molecule has 1 spiro atoms. The zero-order valence-electron chi connectivity index (χ0n) is 21.9. The highest BCUT2D eigenvalue weighted by Crippen LogP contribution is 2.37. The maximum Gasteiger partial charge on any atom is 0.247 e. The van der Waals surface area contributed by atoms with Crippen LogP contribution in [0.15, 0.2) is 23.1 Å². The molecule has 1 aromatic rings. The largest absolute Gasteiger partial charge is 0.492 e. The summed E-state index contributed by atoms with van der Waals surface area (Å²) in [7, 11) is -4.08. The van der Waals surface area contributed by atoms with Gasteiger partial charge in [0, 0.05) is 69.4 Å². The van der Waals surface area contributed by atoms with E-state index in [9.17, 15) is 18.3 Å². The lowest BCUT2D eigenvalue weighted by atomic mass is 9.83. The van der Waals surface area contributed by atoms with Crippen LogP contribution in [0.5, 0.6) is 5.75 Å². The molecule has 0 radical (unpaired) electrons. The highest BCUT2D eigenvalue weighted by molar-refractivity contribution is 7.89. The van der Waals surface area contributed by atoms with Gasteiger partial charge in [-0.2, -0.15) is 4.31 Å². The average Bonchev–Trinajstić information content (AvgIpc) is 3.28. The number of sulfonamides is 1. The van der Waals surface area contributed by atoms with E-state index in [0.717, 1.165) is 55.6 Å². The van der Waals surface area contributed by atoms with Crippen LogP contribution in [0.4, 0.5) is 5.69 Å². The first-order valence-electron chi connectivity index (χ1n) is 13.5. The van der Waals surface area contributed by atoms with Crippen LogP contribution in [0, 0.1) is 5.92 Å². The number of anilines is 1. The summed E-state index contributed by atoms with van der Waals surface area (Å²) in [6, 6.07) is 4.21. The van der Waals surface area contributed by atoms with Crippen LogP contribution >= 0.6 is 0 Å². The Kier molecular flexibility index (Phi) is 7.70. The average molecular weight is 537 g/mol. The highest BCUT2D eigenvalue weighted by Gasteiger charge is 2.47. The third kappa shape index (κ3) is 5.61. The molecule has 2 N–H and O–H groups in total. The molecule has 10 nitrogen and oxygen atoms in total. The topological polar surface area (TPSA) is 112 Å². The molecule has 3 saturated heterocycles. The van der Waals surface area contributed by atoms with Crippen molar-refractivity contribution < 1.29 is 27.8 Å². The number of nitrogens with zero attached hydrogens (tertiary/aromatic N) is 3. The molecule has 4 aliphatic heterocycles. The Morgan fingerprint density at radius 3 is 2.54 bits per heavy atom. The normalized spacial score (nSPS) is 28.8. The number of carbonyl (C=O) groups is 1. The van der Waals surface area contributed by atoms with Crippen LogP contribution in [0.3, 0.4) is 0 Å². The molecule has 37 heavy (non-hydrogen) atoms. The Bertz CT molecular complexity index is 1080. The van der Waals surface area contributed by atoms with Gasteiger partial charge in [0.25, 0.3) is 0 Å². The molecule has 4 aliphatic rings. The molecule has 0 unspecified atom stereocenters. The number of hydrogen-bond donors (Lipinski definition) is 2. The van der Waals surface area contributed by atoms with Gasteiger partial charge in [-0.25, -0.2) is 8.42 Å². The first kappa shape index (κ1) is 26.7. The summed E-state index contributed by atoms with van der Waals surface area (Å²) in [5.74, 6) is 0.534. The van der Waals surface area contributed by atoms with Gasteiger partial charge in [0.05, 0.1) is 25.9 Å². The number of ether oxygens (including phenoxy) is 2. The smallest absolute Gasteiger partial charge is 0.247 e. The molecule has 5 rings (SSSR count). The van der Waals surface area contributed by atoms with Gasteiger partial charge in [-0.3, -0.25) is 4.79 Å². The Hall–Kier alpha value is -1.92. The first-order chi connectivity index (χ1) is 17.7. The third-order valence-electron chi connectivity index (χ3n) is 8.09. The minimum atomic E-state index is -4.08. The van der Waals surface area contributed by atoms with Crippen molar-refractivity contribution >= 4 is 21.6 Å². The molecule has 1 aromatic carbocycles. The SMILES string of the molecule is CC(C)CN1CCC2(CCOc3cc(N4CCOCC4)ccc3S(=O)(=O)N3C[C@H](O)C[C@H]3C(=O)N2)CC1. The summed E-state index contributed by atoms with van der Waals surface area (Å²) in [5.41, 5.74) is 0.413. The van der Waals surface area contributed by atoms with Crippen molar-refractivity contribution in [3.63, 3.8) is 0 Å². The Morgan fingerprint density at radius 1 is 1.11 bits per heavy atom. The van der Waals surface area contributed by atoms with E-state index in [2.05, 4.69) is 29.0 Å². The van der Waals surface area contributed by atoms with Crippen LogP contribution in [0.1, 0.15) is 39.5 Å². The van der Waals surface area contributed by atoms with Gasteiger partial charge >= 0.3 is 0 Å². The summed E-state index contributed by atoms with van der Waals surface area (Å²) in [6.45, 7) is 10.0. The number of morpholine rings is 1. The Labute approximate surface area is 219 Å². The van der Waals surface area contributed by atoms with E-state index in [-0.39, 0.29) is 23.8 Å². The Morgan fingerprint density at radius 2 is 1.84 bits per heavy atom. The number of nitrogens with one attached hydrogen (secondary N) is 1. The second-order valence-corrected chi connectivity index (χ2v) is 13.1. The summed E-state index contributed by atoms with van der Waals surface area (Å²) < 4.78 is 40.5. The number of carbonyl (C=O) groups excluding carboxylic acids is 1. The van der Waals surface area contributed by atoms with Gasteiger partial charge in [-0.1, -0.05) is 13.8 Å². The van der Waals surface area contributed by atoms with Gasteiger partial charge in [-0.05, 0) is 30.9 Å². The van der Waals surface area contributed by atoms with Crippen molar-refractivity contribution in [3.05, 3.63) is 18.2 Å². The quantitative estimate of drug-likeness (QED) is 0.590. The zero-order valence-corrected chi connectivity index (χ0v) is 22.7. The van der Waals surface area contributed by atoms with Crippen molar-refractivity contribution in [1.82, 2.24) is 14.5 Å². The fourth-order valence-electron chi connectivity index (χ4n) is 6.07. The minimum Gasteiger partial charge on any atom is -0.492 e. The molecule has 1 amide bonds. The molecule has 0 bridgehead atoms. The number of aliphatic hydroxyl groups is 1. The number of likely N-dealkylation sites (tertiary alicyclic amines) is 1. The van der Waals surface area contributed by atoms with Crippen molar-refractivity contribution in [3.8, 4) is 5.75 Å². The third-order valence-corrected chi connectivity index (χ3v) is 10.0. The predicted octanol–water partition coefficient (Wildman–Crippen LogP) is 1.04. The summed E-state index contributed by atoms with van der Waals surface area (Å²) in [4.78, 5) is 18.2. The van der Waals surface area contributed by atoms with Crippen LogP contribution < -0.4 is 15.0 Å². The van der Waals surface area contributed by atoms with Gasteiger partial charge in [0.2, 0.25) is 15.9 Å². The van der Waals surface area contributed by atoms with Crippen LogP contribution in [0.2, 0.25) is 0 Å². The van der Waals surface area contributed by atoms with Crippen LogP contribution in [0.25, 0.3) is 0 Å². The number of fused-ring (bicyclic) bond motifs is 2. The zero-order chi connectivity index (χ0) is 26.2. The van der Waals surface area contributed by atoms with Crippen LogP contribution in [-0.4, -0.2) is 105 Å². The molecule has 2 atom stereocenters. The highest BCUT2D eigenvalue weighted by atomic mass is 32.2. The lowest BCUT2D eigenvalue weighted by Gasteiger charge is -2.43. The standard InChI is InChI=1S/C26H40N4O6S/c1-19(2)17-28-8-5-26(6-9-28)7-12-36-23-15-20(29-10-13-35-14-11-29)3-4-24(23)37(33,34)30-18-21(31)16-22(30)25(32)27-26/h3-4,15,19,21-22,31H,5-14,16-18H2,1-2H3,(H,27,32)/t21-,22+/m1/s1. The van der Waals surface area contributed by atoms with E-state index in [4.69, 9.17) is 9.47 Å². The molecule has 0 aliphatic carbocycles. The summed E-state index contributed by atoms with van der Waals surface area (Å²) in [5, 5.41) is 13.7. The number of piperidine rings is 1. The minimum absolute atomic E-state index is 0.0408. The molecule has 0 aromatic heterocycles. The number of hydrogen-bond acceptors (Lipinski definition) is 8. The fraction of sp³-hybridized carbons (Fsp3) is 0.731. The van der Waals surface area contributed by atoms with Crippen molar-refractivity contribution in [2.45, 2.75) is 62.1 Å².